The molecule has 0 fully saturated rings. The maximum absolute atomic E-state index is 12.1. The lowest BCUT2D eigenvalue weighted by Gasteiger charge is -2.07. The van der Waals surface area contributed by atoms with Gasteiger partial charge in [0.2, 0.25) is 0 Å². The zero-order chi connectivity index (χ0) is 17.5. The van der Waals surface area contributed by atoms with Gasteiger partial charge < -0.3 is 9.47 Å². The van der Waals surface area contributed by atoms with Crippen molar-refractivity contribution in [2.45, 2.75) is 19.8 Å². The van der Waals surface area contributed by atoms with E-state index >= 15 is 0 Å². The number of hydrogen-bond donors (Lipinski definition) is 1. The Morgan fingerprint density at radius 2 is 1.71 bits per heavy atom. The van der Waals surface area contributed by atoms with Gasteiger partial charge >= 0.3 is 0 Å². The summed E-state index contributed by atoms with van der Waals surface area (Å²) in [7, 11) is 3.15. The molecule has 0 radical (unpaired) electrons. The molecule has 2 aromatic rings. The Labute approximate surface area is 142 Å². The minimum absolute atomic E-state index is 0.248. The first-order valence-electron chi connectivity index (χ1n) is 7.70. The van der Waals surface area contributed by atoms with Crippen LogP contribution in [0.3, 0.4) is 0 Å². The summed E-state index contributed by atoms with van der Waals surface area (Å²) in [5.74, 6) is 1.44. The van der Waals surface area contributed by atoms with Gasteiger partial charge in [0.25, 0.3) is 5.91 Å². The number of nitrogens with zero attached hydrogens (tertiary/aromatic N) is 1. The summed E-state index contributed by atoms with van der Waals surface area (Å²) in [5.41, 5.74) is 5.08. The fourth-order valence-corrected chi connectivity index (χ4v) is 2.18. The quantitative estimate of drug-likeness (QED) is 0.652. The Hall–Kier alpha value is -2.82. The average Bonchev–Trinajstić information content (AvgIpc) is 2.61. The second-order valence-electron chi connectivity index (χ2n) is 5.59. The Morgan fingerprint density at radius 3 is 2.29 bits per heavy atom. The van der Waals surface area contributed by atoms with Crippen LogP contribution in [0, 0.1) is 0 Å². The first-order valence-corrected chi connectivity index (χ1v) is 7.70. The van der Waals surface area contributed by atoms with E-state index in [0.717, 1.165) is 5.56 Å². The number of carbonyl (C=O) groups excluding carboxylic acids is 1. The van der Waals surface area contributed by atoms with Gasteiger partial charge in [-0.15, -0.1) is 0 Å². The van der Waals surface area contributed by atoms with E-state index in [4.69, 9.17) is 9.47 Å². The third-order valence-electron chi connectivity index (χ3n) is 3.63. The largest absolute Gasteiger partial charge is 0.493 e. The summed E-state index contributed by atoms with van der Waals surface area (Å²) >= 11 is 0. The van der Waals surface area contributed by atoms with Crippen molar-refractivity contribution in [2.24, 2.45) is 5.10 Å². The SMILES string of the molecule is COc1ccc(/C=N/NC(=O)c2ccc(C(C)C)cc2)cc1OC. The topological polar surface area (TPSA) is 59.9 Å². The standard InChI is InChI=1S/C19H22N2O3/c1-13(2)15-6-8-16(9-7-15)19(22)21-20-12-14-5-10-17(23-3)18(11-14)24-4/h5-13H,1-4H3,(H,21,22)/b20-12+. The van der Waals surface area contributed by atoms with Crippen LogP contribution in [0.15, 0.2) is 47.6 Å². The molecule has 5 nitrogen and oxygen atoms in total. The maximum Gasteiger partial charge on any atom is 0.271 e. The molecule has 0 aromatic heterocycles. The van der Waals surface area contributed by atoms with E-state index in [1.165, 1.54) is 5.56 Å². The van der Waals surface area contributed by atoms with Crippen molar-refractivity contribution in [3.05, 3.63) is 59.2 Å². The first-order chi connectivity index (χ1) is 11.5. The molecule has 0 spiro atoms. The third kappa shape index (κ3) is 4.35. The molecule has 0 aliphatic heterocycles. The van der Waals surface area contributed by atoms with Gasteiger partial charge in [-0.2, -0.15) is 5.10 Å². The van der Waals surface area contributed by atoms with Crippen LogP contribution >= 0.6 is 0 Å². The monoisotopic (exact) mass is 326 g/mol. The van der Waals surface area contributed by atoms with Crippen molar-refractivity contribution >= 4 is 12.1 Å². The van der Waals surface area contributed by atoms with Crippen molar-refractivity contribution < 1.29 is 14.3 Å². The molecule has 1 amide bonds. The van der Waals surface area contributed by atoms with Crippen LogP contribution in [-0.4, -0.2) is 26.3 Å². The number of hydrogen-bond acceptors (Lipinski definition) is 4. The number of nitrogens with one attached hydrogen (secondary N) is 1. The summed E-state index contributed by atoms with van der Waals surface area (Å²) in [5, 5.41) is 3.99. The van der Waals surface area contributed by atoms with Crippen molar-refractivity contribution in [3.63, 3.8) is 0 Å². The molecule has 0 bridgehead atoms. The molecular weight excluding hydrogens is 304 g/mol. The molecule has 0 saturated carbocycles. The highest BCUT2D eigenvalue weighted by Crippen LogP contribution is 2.26. The van der Waals surface area contributed by atoms with Gasteiger partial charge in [0, 0.05) is 5.56 Å². The fraction of sp³-hybridized carbons (Fsp3) is 0.263. The van der Waals surface area contributed by atoms with Crippen LogP contribution in [0.25, 0.3) is 0 Å². The summed E-state index contributed by atoms with van der Waals surface area (Å²) in [4.78, 5) is 12.1. The number of methoxy groups -OCH3 is 2. The lowest BCUT2D eigenvalue weighted by molar-refractivity contribution is 0.0955. The van der Waals surface area contributed by atoms with Gasteiger partial charge in [0.1, 0.15) is 0 Å². The summed E-state index contributed by atoms with van der Waals surface area (Å²) in [6.07, 6.45) is 1.56. The van der Waals surface area contributed by atoms with Crippen molar-refractivity contribution in [1.82, 2.24) is 5.43 Å². The number of carbonyl (C=O) groups is 1. The predicted molar refractivity (Wildman–Crippen MR) is 95.1 cm³/mol. The van der Waals surface area contributed by atoms with Crippen LogP contribution in [0.2, 0.25) is 0 Å². The molecular formula is C19H22N2O3. The zero-order valence-corrected chi connectivity index (χ0v) is 14.4. The Bertz CT molecular complexity index is 722. The Kier molecular flexibility index (Phi) is 5.95. The summed E-state index contributed by atoms with van der Waals surface area (Å²) in [6, 6.07) is 12.9. The molecule has 2 aromatic carbocycles. The number of benzene rings is 2. The highest BCUT2D eigenvalue weighted by Gasteiger charge is 2.06. The van der Waals surface area contributed by atoms with E-state index in [-0.39, 0.29) is 5.91 Å². The van der Waals surface area contributed by atoms with Crippen molar-refractivity contribution in [2.75, 3.05) is 14.2 Å². The summed E-state index contributed by atoms with van der Waals surface area (Å²) < 4.78 is 10.4. The molecule has 0 saturated heterocycles. The van der Waals surface area contributed by atoms with Gasteiger partial charge in [-0.25, -0.2) is 5.43 Å². The van der Waals surface area contributed by atoms with E-state index < -0.39 is 0 Å². The third-order valence-corrected chi connectivity index (χ3v) is 3.63. The minimum Gasteiger partial charge on any atom is -0.493 e. The van der Waals surface area contributed by atoms with Crippen LogP contribution in [0.1, 0.15) is 41.3 Å². The number of amides is 1. The van der Waals surface area contributed by atoms with Crippen LogP contribution < -0.4 is 14.9 Å². The number of hydrazone groups is 1. The second-order valence-corrected chi connectivity index (χ2v) is 5.59. The van der Waals surface area contributed by atoms with Crippen LogP contribution in [-0.2, 0) is 0 Å². The van der Waals surface area contributed by atoms with Crippen LogP contribution in [0.4, 0.5) is 0 Å². The molecule has 0 atom stereocenters. The normalized spacial score (nSPS) is 10.9. The average molecular weight is 326 g/mol. The Morgan fingerprint density at radius 1 is 1.04 bits per heavy atom. The van der Waals surface area contributed by atoms with Crippen molar-refractivity contribution in [3.8, 4) is 11.5 Å². The smallest absolute Gasteiger partial charge is 0.271 e. The molecule has 0 aliphatic rings. The fourth-order valence-electron chi connectivity index (χ4n) is 2.18. The number of rotatable bonds is 6. The van der Waals surface area contributed by atoms with Crippen LogP contribution in [0.5, 0.6) is 11.5 Å². The first kappa shape index (κ1) is 17.5. The molecule has 5 heteroatoms. The van der Waals surface area contributed by atoms with E-state index in [9.17, 15) is 4.79 Å². The molecule has 0 heterocycles. The lowest BCUT2D eigenvalue weighted by Crippen LogP contribution is -2.17. The van der Waals surface area contributed by atoms with Gasteiger partial charge in [0.05, 0.1) is 20.4 Å². The van der Waals surface area contributed by atoms with E-state index in [0.29, 0.717) is 23.0 Å². The van der Waals surface area contributed by atoms with E-state index in [1.54, 1.807) is 44.7 Å². The van der Waals surface area contributed by atoms with E-state index in [1.807, 2.05) is 18.2 Å². The van der Waals surface area contributed by atoms with Gasteiger partial charge in [-0.3, -0.25) is 4.79 Å². The van der Waals surface area contributed by atoms with Crippen molar-refractivity contribution in [1.29, 1.82) is 0 Å². The predicted octanol–water partition coefficient (Wildman–Crippen LogP) is 3.59. The lowest BCUT2D eigenvalue weighted by atomic mass is 10.0. The van der Waals surface area contributed by atoms with Gasteiger partial charge in [0.15, 0.2) is 11.5 Å². The molecule has 0 aliphatic carbocycles. The van der Waals surface area contributed by atoms with E-state index in [2.05, 4.69) is 24.4 Å². The molecule has 24 heavy (non-hydrogen) atoms. The molecule has 0 unspecified atom stereocenters. The Balaban J connectivity index is 2.01. The maximum atomic E-state index is 12.1. The number of ether oxygens (including phenoxy) is 2. The highest BCUT2D eigenvalue weighted by atomic mass is 16.5. The van der Waals surface area contributed by atoms with Gasteiger partial charge in [-0.1, -0.05) is 26.0 Å². The van der Waals surface area contributed by atoms with Gasteiger partial charge in [-0.05, 0) is 47.4 Å². The summed E-state index contributed by atoms with van der Waals surface area (Å²) in [6.45, 7) is 4.23. The zero-order valence-electron chi connectivity index (χ0n) is 14.4. The molecule has 2 rings (SSSR count). The molecule has 126 valence electrons. The highest BCUT2D eigenvalue weighted by molar-refractivity contribution is 5.95. The molecule has 1 N–H and O–H groups in total. The second kappa shape index (κ2) is 8.15. The minimum atomic E-state index is -0.248.